The van der Waals surface area contributed by atoms with Crippen molar-refractivity contribution in [2.45, 2.75) is 6.92 Å². The Kier molecular flexibility index (Phi) is 4.29. The Labute approximate surface area is 168 Å². The summed E-state index contributed by atoms with van der Waals surface area (Å²) in [7, 11) is 0. The van der Waals surface area contributed by atoms with Crippen LogP contribution < -0.4 is 5.43 Å². The number of carbonyl (C=O) groups is 1. The maximum Gasteiger partial charge on any atom is 0.336 e. The molecule has 2 aliphatic rings. The lowest BCUT2D eigenvalue weighted by Gasteiger charge is -2.18. The van der Waals surface area contributed by atoms with E-state index in [2.05, 4.69) is 0 Å². The van der Waals surface area contributed by atoms with Crippen molar-refractivity contribution in [2.75, 3.05) is 0 Å². The zero-order valence-corrected chi connectivity index (χ0v) is 15.9. The third-order valence-electron chi connectivity index (χ3n) is 4.62. The second kappa shape index (κ2) is 6.55. The van der Waals surface area contributed by atoms with Gasteiger partial charge in [-0.15, -0.1) is 0 Å². The number of benzene rings is 3. The summed E-state index contributed by atoms with van der Waals surface area (Å²) in [4.78, 5) is 23.8. The van der Waals surface area contributed by atoms with Crippen LogP contribution in [0.15, 0.2) is 51.7 Å². The molecule has 7 heteroatoms. The quantitative estimate of drug-likeness (QED) is 0.417. The summed E-state index contributed by atoms with van der Waals surface area (Å²) in [6.07, 6.45) is 0. The molecule has 140 valence electrons. The number of rotatable bonds is 2. The Balaban J connectivity index is 2.31. The summed E-state index contributed by atoms with van der Waals surface area (Å²) < 4.78 is 5.82. The number of aromatic carboxylic acids is 1. The fourth-order valence-corrected chi connectivity index (χ4v) is 3.79. The van der Waals surface area contributed by atoms with Crippen LogP contribution in [0.5, 0.6) is 5.75 Å². The van der Waals surface area contributed by atoms with Crippen molar-refractivity contribution in [1.29, 1.82) is 0 Å². The van der Waals surface area contributed by atoms with Gasteiger partial charge in [-0.25, -0.2) is 4.79 Å². The van der Waals surface area contributed by atoms with E-state index in [1.165, 1.54) is 18.2 Å². The van der Waals surface area contributed by atoms with E-state index in [0.717, 1.165) is 0 Å². The maximum atomic E-state index is 12.0. The molecule has 5 nitrogen and oxygen atoms in total. The highest BCUT2D eigenvalue weighted by molar-refractivity contribution is 6.37. The predicted molar refractivity (Wildman–Crippen MR) is 108 cm³/mol. The van der Waals surface area contributed by atoms with E-state index in [9.17, 15) is 19.8 Å². The summed E-state index contributed by atoms with van der Waals surface area (Å²) in [6.45, 7) is 1.67. The molecule has 0 fully saturated rings. The van der Waals surface area contributed by atoms with E-state index in [4.69, 9.17) is 27.6 Å². The molecule has 0 aromatic heterocycles. The van der Waals surface area contributed by atoms with E-state index < -0.39 is 11.4 Å². The lowest BCUT2D eigenvalue weighted by molar-refractivity contribution is 0.0697. The first-order valence-electron chi connectivity index (χ1n) is 8.21. The molecule has 1 aliphatic carbocycles. The van der Waals surface area contributed by atoms with E-state index in [1.54, 1.807) is 31.2 Å². The van der Waals surface area contributed by atoms with E-state index in [-0.39, 0.29) is 32.7 Å². The molecule has 1 heterocycles. The zero-order chi connectivity index (χ0) is 20.2. The average Bonchev–Trinajstić information content (AvgIpc) is 2.68. The van der Waals surface area contributed by atoms with Gasteiger partial charge in [0.1, 0.15) is 15.8 Å². The molecule has 28 heavy (non-hydrogen) atoms. The first kappa shape index (κ1) is 18.3. The highest BCUT2D eigenvalue weighted by Gasteiger charge is 2.26. The van der Waals surface area contributed by atoms with Gasteiger partial charge in [0.15, 0.2) is 11.3 Å². The van der Waals surface area contributed by atoms with Crippen molar-refractivity contribution in [2.24, 2.45) is 0 Å². The Morgan fingerprint density at radius 1 is 1.04 bits per heavy atom. The Hall–Kier alpha value is -3.02. The summed E-state index contributed by atoms with van der Waals surface area (Å²) in [5.41, 5.74) is 1.61. The van der Waals surface area contributed by atoms with Crippen molar-refractivity contribution in [1.82, 2.24) is 0 Å². The maximum absolute atomic E-state index is 12.0. The van der Waals surface area contributed by atoms with E-state index in [0.29, 0.717) is 27.6 Å². The van der Waals surface area contributed by atoms with E-state index >= 15 is 0 Å². The molecule has 0 bridgehead atoms. The van der Waals surface area contributed by atoms with Gasteiger partial charge in [0.2, 0.25) is 5.43 Å². The minimum Gasteiger partial charge on any atom is -0.506 e. The minimum atomic E-state index is -1.11. The molecule has 4 rings (SSSR count). The van der Waals surface area contributed by atoms with Crippen LogP contribution in [0.2, 0.25) is 10.0 Å². The molecule has 0 spiro atoms. The zero-order valence-electron chi connectivity index (χ0n) is 14.4. The van der Waals surface area contributed by atoms with Crippen LogP contribution in [0.4, 0.5) is 0 Å². The lowest BCUT2D eigenvalue weighted by atomic mass is 9.90. The predicted octanol–water partition coefficient (Wildman–Crippen LogP) is 5.58. The highest BCUT2D eigenvalue weighted by Crippen LogP contribution is 2.47. The lowest BCUT2D eigenvalue weighted by Crippen LogP contribution is -2.05. The number of hydrogen-bond acceptors (Lipinski definition) is 4. The SMILES string of the molecule is Cc1cc2c(-c3ccccc3C(=O)O)c3ccc(=O)c(Cl)c-3oc2c(Cl)c1O. The normalized spacial score (nSPS) is 11.2. The molecule has 2 aromatic rings. The van der Waals surface area contributed by atoms with Gasteiger partial charge in [-0.1, -0.05) is 41.4 Å². The van der Waals surface area contributed by atoms with Crippen LogP contribution in [0.25, 0.3) is 33.4 Å². The van der Waals surface area contributed by atoms with Crippen molar-refractivity contribution in [3.63, 3.8) is 0 Å². The number of halogens is 2. The average molecular weight is 415 g/mol. The topological polar surface area (TPSA) is 87.7 Å². The second-order valence-electron chi connectivity index (χ2n) is 6.31. The number of phenolic OH excluding ortho intramolecular Hbond substituents is 1. The molecule has 1 aliphatic heterocycles. The van der Waals surface area contributed by atoms with Gasteiger partial charge in [-0.2, -0.15) is 0 Å². The molecular weight excluding hydrogens is 403 g/mol. The monoisotopic (exact) mass is 414 g/mol. The van der Waals surface area contributed by atoms with Crippen LogP contribution in [0.3, 0.4) is 0 Å². The van der Waals surface area contributed by atoms with Crippen molar-refractivity contribution in [3.8, 4) is 28.2 Å². The number of aromatic hydroxyl groups is 1. The molecule has 0 saturated heterocycles. The fraction of sp³-hybridized carbons (Fsp3) is 0.0476. The smallest absolute Gasteiger partial charge is 0.336 e. The van der Waals surface area contributed by atoms with Crippen LogP contribution in [-0.4, -0.2) is 16.2 Å². The minimum absolute atomic E-state index is 0.0432. The Bertz CT molecular complexity index is 1310. The first-order chi connectivity index (χ1) is 13.3. The highest BCUT2D eigenvalue weighted by atomic mass is 35.5. The van der Waals surface area contributed by atoms with Crippen LogP contribution in [0.1, 0.15) is 15.9 Å². The standard InChI is InChI=1S/C21H12Cl2O5/c1-9-8-13-15(10-4-2-3-5-11(10)21(26)27)12-6-7-14(24)16(22)19(12)28-20(13)17(23)18(9)25/h2-8,25H,1H3,(H,26,27). The second-order valence-corrected chi connectivity index (χ2v) is 7.07. The number of carboxylic acid groups (broad SMARTS) is 1. The third kappa shape index (κ3) is 2.63. The number of hydrogen-bond donors (Lipinski definition) is 2. The van der Waals surface area contributed by atoms with Gasteiger partial charge >= 0.3 is 5.97 Å². The summed E-state index contributed by atoms with van der Waals surface area (Å²) >= 11 is 12.5. The molecule has 0 saturated carbocycles. The number of phenols is 1. The van der Waals surface area contributed by atoms with Gasteiger partial charge in [0.25, 0.3) is 0 Å². The van der Waals surface area contributed by atoms with Crippen molar-refractivity contribution < 1.29 is 19.4 Å². The number of fused-ring (bicyclic) bond motifs is 2. The molecule has 2 aromatic carbocycles. The summed E-state index contributed by atoms with van der Waals surface area (Å²) in [5, 5.41) is 20.2. The van der Waals surface area contributed by atoms with Gasteiger partial charge in [0.05, 0.1) is 5.56 Å². The van der Waals surface area contributed by atoms with Crippen LogP contribution >= 0.6 is 23.2 Å². The molecule has 0 amide bonds. The number of aryl methyl sites for hydroxylation is 1. The molecular formula is C21H12Cl2O5. The Morgan fingerprint density at radius 2 is 1.75 bits per heavy atom. The third-order valence-corrected chi connectivity index (χ3v) is 5.33. The fourth-order valence-electron chi connectivity index (χ4n) is 3.29. The van der Waals surface area contributed by atoms with Gasteiger partial charge in [-0.05, 0) is 42.3 Å². The Morgan fingerprint density at radius 3 is 2.46 bits per heavy atom. The largest absolute Gasteiger partial charge is 0.506 e. The summed E-state index contributed by atoms with van der Waals surface area (Å²) in [5.74, 6) is -1.20. The van der Waals surface area contributed by atoms with Crippen molar-refractivity contribution >= 4 is 40.1 Å². The summed E-state index contributed by atoms with van der Waals surface area (Å²) in [6, 6.07) is 11.0. The van der Waals surface area contributed by atoms with Crippen LogP contribution in [0, 0.1) is 6.92 Å². The van der Waals surface area contributed by atoms with Gasteiger partial charge < -0.3 is 14.6 Å². The van der Waals surface area contributed by atoms with E-state index in [1.807, 2.05) is 0 Å². The first-order valence-corrected chi connectivity index (χ1v) is 8.96. The number of carboxylic acids is 1. The van der Waals surface area contributed by atoms with Crippen molar-refractivity contribution in [3.05, 3.63) is 73.9 Å². The molecule has 0 atom stereocenters. The van der Waals surface area contributed by atoms with Crippen LogP contribution in [-0.2, 0) is 0 Å². The molecule has 0 radical (unpaired) electrons. The molecule has 0 unspecified atom stereocenters. The van der Waals surface area contributed by atoms with Gasteiger partial charge in [0, 0.05) is 16.5 Å². The molecule has 2 N–H and O–H groups in total. The van der Waals surface area contributed by atoms with Gasteiger partial charge in [-0.3, -0.25) is 4.79 Å².